The van der Waals surface area contributed by atoms with Gasteiger partial charge in [-0.15, -0.1) is 0 Å². The lowest BCUT2D eigenvalue weighted by Crippen LogP contribution is -1.92. The average molecular weight is 292 g/mol. The highest BCUT2D eigenvalue weighted by Gasteiger charge is 2.13. The van der Waals surface area contributed by atoms with Crippen molar-refractivity contribution < 1.29 is 9.13 Å². The summed E-state index contributed by atoms with van der Waals surface area (Å²) in [4.78, 5) is 7.24. The Labute approximate surface area is 119 Å². The predicted molar refractivity (Wildman–Crippen MR) is 76.7 cm³/mol. The van der Waals surface area contributed by atoms with E-state index in [0.717, 1.165) is 5.69 Å². The van der Waals surface area contributed by atoms with Crippen LogP contribution in [-0.2, 0) is 0 Å². The topological polar surface area (TPSA) is 63.9 Å². The number of nitrogen functional groups attached to an aromatic ring is 1. The van der Waals surface area contributed by atoms with Crippen LogP contribution in [0.1, 0.15) is 5.69 Å². The molecule has 0 aliphatic rings. The minimum Gasteiger partial charge on any atom is -0.456 e. The van der Waals surface area contributed by atoms with E-state index in [0.29, 0.717) is 27.6 Å². The van der Waals surface area contributed by atoms with E-state index in [2.05, 4.69) is 9.97 Å². The normalized spacial score (nSPS) is 10.9. The lowest BCUT2D eigenvalue weighted by molar-refractivity contribution is 0.482. The van der Waals surface area contributed by atoms with Gasteiger partial charge in [0.15, 0.2) is 0 Å². The van der Waals surface area contributed by atoms with Gasteiger partial charge < -0.3 is 15.5 Å². The Hall–Kier alpha value is -2.27. The van der Waals surface area contributed by atoms with E-state index < -0.39 is 5.82 Å². The molecule has 2 heterocycles. The summed E-state index contributed by atoms with van der Waals surface area (Å²) >= 11 is 6.22. The van der Waals surface area contributed by atoms with Crippen LogP contribution < -0.4 is 10.5 Å². The number of nitrogens with two attached hydrogens (primary N) is 1. The zero-order chi connectivity index (χ0) is 14.3. The van der Waals surface area contributed by atoms with Crippen molar-refractivity contribution in [1.82, 2.24) is 9.97 Å². The van der Waals surface area contributed by atoms with Crippen LogP contribution in [0.3, 0.4) is 0 Å². The molecule has 0 bridgehead atoms. The van der Waals surface area contributed by atoms with Gasteiger partial charge in [-0.05, 0) is 25.1 Å². The van der Waals surface area contributed by atoms with Crippen molar-refractivity contribution in [2.75, 3.05) is 5.73 Å². The first-order valence-electron chi connectivity index (χ1n) is 5.92. The Kier molecular flexibility index (Phi) is 2.99. The van der Waals surface area contributed by atoms with Gasteiger partial charge in [0.05, 0.1) is 16.1 Å². The molecule has 6 heteroatoms. The van der Waals surface area contributed by atoms with E-state index >= 15 is 0 Å². The van der Waals surface area contributed by atoms with E-state index in [9.17, 15) is 4.39 Å². The first-order valence-corrected chi connectivity index (χ1v) is 6.29. The van der Waals surface area contributed by atoms with Crippen LogP contribution in [0.4, 0.5) is 10.1 Å². The predicted octanol–water partition coefficient (Wildman–Crippen LogP) is 4.04. The molecule has 1 aromatic carbocycles. The van der Waals surface area contributed by atoms with Gasteiger partial charge in [0.2, 0.25) is 0 Å². The van der Waals surface area contributed by atoms with Crippen molar-refractivity contribution in [2.24, 2.45) is 0 Å². The maximum absolute atomic E-state index is 13.4. The van der Waals surface area contributed by atoms with Gasteiger partial charge in [-0.1, -0.05) is 11.6 Å². The average Bonchev–Trinajstić information content (AvgIpc) is 2.71. The van der Waals surface area contributed by atoms with E-state index in [4.69, 9.17) is 22.1 Å². The number of aromatic nitrogens is 2. The number of aryl methyl sites for hydroxylation is 1. The van der Waals surface area contributed by atoms with Crippen LogP contribution >= 0.6 is 11.6 Å². The van der Waals surface area contributed by atoms with Gasteiger partial charge in [-0.3, -0.25) is 0 Å². The van der Waals surface area contributed by atoms with Crippen molar-refractivity contribution in [3.05, 3.63) is 47.0 Å². The van der Waals surface area contributed by atoms with Crippen LogP contribution in [0.25, 0.3) is 11.0 Å². The van der Waals surface area contributed by atoms with Gasteiger partial charge in [0, 0.05) is 18.0 Å². The standard InChI is InChI=1S/C14H11ClFN3O/c1-7-13(15)12-11(4-5-18-14(12)19-7)20-8-2-3-10(17)9(16)6-8/h2-6H,17H2,1H3,(H,18,19). The van der Waals surface area contributed by atoms with E-state index in [-0.39, 0.29) is 5.69 Å². The Morgan fingerprint density at radius 2 is 2.15 bits per heavy atom. The Bertz CT molecular complexity index is 800. The highest BCUT2D eigenvalue weighted by molar-refractivity contribution is 6.36. The second-order valence-electron chi connectivity index (χ2n) is 4.38. The monoisotopic (exact) mass is 291 g/mol. The van der Waals surface area contributed by atoms with Crippen LogP contribution in [0.2, 0.25) is 5.02 Å². The molecular weight excluding hydrogens is 281 g/mol. The van der Waals surface area contributed by atoms with Crippen LogP contribution in [-0.4, -0.2) is 9.97 Å². The summed E-state index contributed by atoms with van der Waals surface area (Å²) in [6.07, 6.45) is 1.59. The molecular formula is C14H11ClFN3O. The molecule has 3 aromatic rings. The molecule has 20 heavy (non-hydrogen) atoms. The molecule has 2 aromatic heterocycles. The fourth-order valence-electron chi connectivity index (χ4n) is 1.95. The number of rotatable bonds is 2. The van der Waals surface area contributed by atoms with Crippen LogP contribution in [0, 0.1) is 12.7 Å². The summed E-state index contributed by atoms with van der Waals surface area (Å²) in [7, 11) is 0. The Morgan fingerprint density at radius 3 is 2.90 bits per heavy atom. The number of H-pyrrole nitrogens is 1. The summed E-state index contributed by atoms with van der Waals surface area (Å²) in [5.74, 6) is 0.330. The highest BCUT2D eigenvalue weighted by atomic mass is 35.5. The van der Waals surface area contributed by atoms with E-state index in [1.54, 1.807) is 18.3 Å². The van der Waals surface area contributed by atoms with Crippen molar-refractivity contribution in [3.63, 3.8) is 0 Å². The van der Waals surface area contributed by atoms with E-state index in [1.807, 2.05) is 6.92 Å². The van der Waals surface area contributed by atoms with Crippen LogP contribution in [0.15, 0.2) is 30.5 Å². The first kappa shape index (κ1) is 12.7. The first-order chi connectivity index (χ1) is 9.56. The second-order valence-corrected chi connectivity index (χ2v) is 4.76. The largest absolute Gasteiger partial charge is 0.456 e. The maximum atomic E-state index is 13.4. The number of hydrogen-bond acceptors (Lipinski definition) is 3. The number of nitrogens with one attached hydrogen (secondary N) is 1. The molecule has 0 saturated heterocycles. The fraction of sp³-hybridized carbons (Fsp3) is 0.0714. The number of ether oxygens (including phenoxy) is 1. The molecule has 0 atom stereocenters. The SMILES string of the molecule is Cc1[nH]c2nccc(Oc3ccc(N)c(F)c3)c2c1Cl. The number of hydrogen-bond donors (Lipinski definition) is 2. The second kappa shape index (κ2) is 4.68. The van der Waals surface area contributed by atoms with Crippen LogP contribution in [0.5, 0.6) is 11.5 Å². The summed E-state index contributed by atoms with van der Waals surface area (Å²) in [5.41, 5.74) is 6.94. The summed E-state index contributed by atoms with van der Waals surface area (Å²) < 4.78 is 19.1. The van der Waals surface area contributed by atoms with Crippen molar-refractivity contribution >= 4 is 28.3 Å². The number of pyridine rings is 1. The fourth-order valence-corrected chi connectivity index (χ4v) is 2.18. The third-order valence-electron chi connectivity index (χ3n) is 2.97. The number of halogens is 2. The molecule has 102 valence electrons. The smallest absolute Gasteiger partial charge is 0.149 e. The quantitative estimate of drug-likeness (QED) is 0.700. The molecule has 0 saturated carbocycles. The summed E-state index contributed by atoms with van der Waals surface area (Å²) in [6, 6.07) is 5.95. The molecule has 3 N–H and O–H groups in total. The van der Waals surface area contributed by atoms with Gasteiger partial charge in [0.25, 0.3) is 0 Å². The number of benzene rings is 1. The zero-order valence-corrected chi connectivity index (χ0v) is 11.3. The van der Waals surface area contributed by atoms with Gasteiger partial charge >= 0.3 is 0 Å². The third kappa shape index (κ3) is 2.06. The van der Waals surface area contributed by atoms with Crippen molar-refractivity contribution in [2.45, 2.75) is 6.92 Å². The molecule has 0 unspecified atom stereocenters. The zero-order valence-electron chi connectivity index (χ0n) is 10.6. The molecule has 0 aliphatic heterocycles. The molecule has 0 fully saturated rings. The third-order valence-corrected chi connectivity index (χ3v) is 3.44. The van der Waals surface area contributed by atoms with Gasteiger partial charge in [-0.25, -0.2) is 9.37 Å². The minimum atomic E-state index is -0.524. The molecule has 0 spiro atoms. The van der Waals surface area contributed by atoms with E-state index in [1.165, 1.54) is 12.1 Å². The molecule has 0 radical (unpaired) electrons. The Balaban J connectivity index is 2.08. The lowest BCUT2D eigenvalue weighted by atomic mass is 10.2. The van der Waals surface area contributed by atoms with Gasteiger partial charge in [0.1, 0.15) is 23.0 Å². The molecule has 0 aliphatic carbocycles. The number of aromatic amines is 1. The molecule has 3 rings (SSSR count). The van der Waals surface area contributed by atoms with Crippen molar-refractivity contribution in [3.8, 4) is 11.5 Å². The summed E-state index contributed by atoms with van der Waals surface area (Å²) in [5, 5.41) is 1.21. The maximum Gasteiger partial charge on any atom is 0.149 e. The highest BCUT2D eigenvalue weighted by Crippen LogP contribution is 2.36. The Morgan fingerprint density at radius 1 is 1.35 bits per heavy atom. The number of nitrogens with zero attached hydrogens (tertiary/aromatic N) is 1. The number of anilines is 1. The van der Waals surface area contributed by atoms with Crippen molar-refractivity contribution in [1.29, 1.82) is 0 Å². The van der Waals surface area contributed by atoms with Gasteiger partial charge in [-0.2, -0.15) is 0 Å². The molecule has 0 amide bonds. The summed E-state index contributed by atoms with van der Waals surface area (Å²) in [6.45, 7) is 1.84. The molecule has 4 nitrogen and oxygen atoms in total. The lowest BCUT2D eigenvalue weighted by Gasteiger charge is -2.07. The minimum absolute atomic E-state index is 0.0766. The number of fused-ring (bicyclic) bond motifs is 1.